The van der Waals surface area contributed by atoms with Gasteiger partial charge in [-0.2, -0.15) is 5.26 Å². The molecule has 2 aromatic rings. The topological polar surface area (TPSA) is 97.2 Å². The third-order valence-corrected chi connectivity index (χ3v) is 3.99. The maximum absolute atomic E-state index is 12.2. The van der Waals surface area contributed by atoms with E-state index in [4.69, 9.17) is 21.6 Å². The number of aliphatic hydroxyl groups is 1. The lowest BCUT2D eigenvalue weighted by Gasteiger charge is -2.14. The van der Waals surface area contributed by atoms with Gasteiger partial charge >= 0.3 is 5.69 Å². The van der Waals surface area contributed by atoms with E-state index in [0.717, 1.165) is 10.1 Å². The lowest BCUT2D eigenvalue weighted by atomic mass is 10.2. The Labute approximate surface area is 149 Å². The summed E-state index contributed by atoms with van der Waals surface area (Å²) in [4.78, 5) is 24.3. The lowest BCUT2D eigenvalue weighted by Crippen LogP contribution is -2.43. The fourth-order valence-electron chi connectivity index (χ4n) is 2.30. The Bertz CT molecular complexity index is 898. The largest absolute Gasteiger partial charge is 0.389 e. The van der Waals surface area contributed by atoms with Crippen LogP contribution in [0.1, 0.15) is 18.1 Å². The number of aryl methyl sites for hydroxylation is 1. The van der Waals surface area contributed by atoms with Gasteiger partial charge in [0.2, 0.25) is 0 Å². The summed E-state index contributed by atoms with van der Waals surface area (Å²) in [5, 5.41) is 19.6. The zero-order chi connectivity index (χ0) is 18.4. The Hall–Kier alpha value is -2.40. The smallest absolute Gasteiger partial charge is 0.331 e. The van der Waals surface area contributed by atoms with Crippen LogP contribution in [0.25, 0.3) is 0 Å². The molecule has 1 aromatic heterocycles. The van der Waals surface area contributed by atoms with Crippen molar-refractivity contribution in [1.29, 1.82) is 5.26 Å². The minimum Gasteiger partial charge on any atom is -0.389 e. The number of ether oxygens (including phenoxy) is 1. The van der Waals surface area contributed by atoms with Gasteiger partial charge in [-0.3, -0.25) is 13.9 Å². The first-order chi connectivity index (χ1) is 12.0. The van der Waals surface area contributed by atoms with Gasteiger partial charge in [-0.25, -0.2) is 4.79 Å². The molecule has 0 amide bonds. The lowest BCUT2D eigenvalue weighted by molar-refractivity contribution is 0.0191. The Morgan fingerprint density at radius 1 is 1.36 bits per heavy atom. The van der Waals surface area contributed by atoms with E-state index in [2.05, 4.69) is 0 Å². The summed E-state index contributed by atoms with van der Waals surface area (Å²) in [6.45, 7) is 1.90. The van der Waals surface area contributed by atoms with Gasteiger partial charge in [0, 0.05) is 17.8 Å². The van der Waals surface area contributed by atoms with Gasteiger partial charge in [0.15, 0.2) is 0 Å². The molecule has 0 aliphatic carbocycles. The summed E-state index contributed by atoms with van der Waals surface area (Å²) in [6.07, 6.45) is 0.147. The van der Waals surface area contributed by atoms with Crippen molar-refractivity contribution in [1.82, 2.24) is 9.13 Å². The van der Waals surface area contributed by atoms with Crippen LogP contribution in [0.3, 0.4) is 0 Å². The molecule has 0 saturated carbocycles. The Kier molecular flexibility index (Phi) is 6.53. The number of hydrogen-bond donors (Lipinski definition) is 1. The van der Waals surface area contributed by atoms with Gasteiger partial charge in [0.1, 0.15) is 11.6 Å². The van der Waals surface area contributed by atoms with Crippen molar-refractivity contribution >= 4 is 11.6 Å². The number of hydrogen-bond acceptors (Lipinski definition) is 5. The number of aliphatic hydroxyl groups excluding tert-OH is 1. The van der Waals surface area contributed by atoms with Crippen molar-refractivity contribution in [3.8, 4) is 6.07 Å². The predicted octanol–water partition coefficient (Wildman–Crippen LogP) is 1.13. The molecule has 1 N–H and O–H groups in total. The van der Waals surface area contributed by atoms with Crippen LogP contribution >= 0.6 is 11.6 Å². The van der Waals surface area contributed by atoms with Crippen LogP contribution in [0.5, 0.6) is 0 Å². The van der Waals surface area contributed by atoms with Crippen LogP contribution in [-0.4, -0.2) is 27.0 Å². The molecule has 1 atom stereocenters. The molecule has 8 heteroatoms. The standard InChI is InChI=1S/C17H18ClN3O4/c1-2-20-8-13(7-19)16(23)21(17(20)24)9-14(22)11-25-10-12-5-3-4-6-15(12)18/h3-6,8,14,22H,2,9-11H2,1H3/t14-/m0/s1. The van der Waals surface area contributed by atoms with Crippen LogP contribution < -0.4 is 11.2 Å². The molecule has 0 aliphatic rings. The highest BCUT2D eigenvalue weighted by atomic mass is 35.5. The minimum absolute atomic E-state index is 0.0833. The first-order valence-electron chi connectivity index (χ1n) is 7.71. The molecule has 25 heavy (non-hydrogen) atoms. The van der Waals surface area contributed by atoms with Crippen molar-refractivity contribution in [2.45, 2.75) is 32.7 Å². The van der Waals surface area contributed by atoms with Crippen molar-refractivity contribution in [3.63, 3.8) is 0 Å². The van der Waals surface area contributed by atoms with Crippen LogP contribution in [0.4, 0.5) is 0 Å². The van der Waals surface area contributed by atoms with E-state index >= 15 is 0 Å². The number of nitriles is 1. The Morgan fingerprint density at radius 2 is 2.08 bits per heavy atom. The third kappa shape index (κ3) is 4.57. The monoisotopic (exact) mass is 363 g/mol. The van der Waals surface area contributed by atoms with Crippen LogP contribution in [0, 0.1) is 11.3 Å². The molecular formula is C17H18ClN3O4. The molecule has 0 unspecified atom stereocenters. The van der Waals surface area contributed by atoms with E-state index in [-0.39, 0.29) is 25.3 Å². The summed E-state index contributed by atoms with van der Waals surface area (Å²) >= 11 is 6.02. The highest BCUT2D eigenvalue weighted by molar-refractivity contribution is 6.31. The summed E-state index contributed by atoms with van der Waals surface area (Å²) in [5.74, 6) is 0. The van der Waals surface area contributed by atoms with Gasteiger partial charge in [0.25, 0.3) is 5.56 Å². The minimum atomic E-state index is -1.08. The van der Waals surface area contributed by atoms with Gasteiger partial charge in [-0.15, -0.1) is 0 Å². The first kappa shape index (κ1) is 18.9. The summed E-state index contributed by atoms with van der Waals surface area (Å²) in [6, 6.07) is 8.92. The maximum Gasteiger partial charge on any atom is 0.331 e. The van der Waals surface area contributed by atoms with Crippen LogP contribution in [0.2, 0.25) is 5.02 Å². The molecule has 0 spiro atoms. The molecule has 0 saturated heterocycles. The van der Waals surface area contributed by atoms with Crippen molar-refractivity contribution in [2.24, 2.45) is 0 Å². The van der Waals surface area contributed by atoms with Crippen LogP contribution in [0.15, 0.2) is 40.1 Å². The average Bonchev–Trinajstić information content (AvgIpc) is 2.60. The van der Waals surface area contributed by atoms with Crippen molar-refractivity contribution in [2.75, 3.05) is 6.61 Å². The van der Waals surface area contributed by atoms with Crippen molar-refractivity contribution < 1.29 is 9.84 Å². The second kappa shape index (κ2) is 8.62. The highest BCUT2D eigenvalue weighted by Gasteiger charge is 2.14. The van der Waals surface area contributed by atoms with E-state index in [0.29, 0.717) is 11.6 Å². The van der Waals surface area contributed by atoms with E-state index in [1.54, 1.807) is 31.2 Å². The van der Waals surface area contributed by atoms with E-state index in [1.807, 2.05) is 6.07 Å². The molecule has 1 heterocycles. The highest BCUT2D eigenvalue weighted by Crippen LogP contribution is 2.15. The average molecular weight is 364 g/mol. The summed E-state index contributed by atoms with van der Waals surface area (Å²) in [5.41, 5.74) is -0.669. The molecule has 0 fully saturated rings. The normalized spacial score (nSPS) is 11.9. The summed E-state index contributed by atoms with van der Waals surface area (Å²) < 4.78 is 7.50. The van der Waals surface area contributed by atoms with Crippen molar-refractivity contribution in [3.05, 3.63) is 67.4 Å². The third-order valence-electron chi connectivity index (χ3n) is 3.62. The zero-order valence-electron chi connectivity index (χ0n) is 13.7. The quantitative estimate of drug-likeness (QED) is 0.795. The SMILES string of the molecule is CCn1cc(C#N)c(=O)n(C[C@H](O)COCc2ccccc2Cl)c1=O. The van der Waals surface area contributed by atoms with Gasteiger partial charge in [-0.05, 0) is 18.6 Å². The second-order valence-electron chi connectivity index (χ2n) is 5.40. The van der Waals surface area contributed by atoms with E-state index in [1.165, 1.54) is 10.8 Å². The molecular weight excluding hydrogens is 346 g/mol. The molecule has 2 rings (SSSR count). The fraction of sp³-hybridized carbons (Fsp3) is 0.353. The van der Waals surface area contributed by atoms with Gasteiger partial charge in [0.05, 0.1) is 25.9 Å². The predicted molar refractivity (Wildman–Crippen MR) is 92.5 cm³/mol. The number of aromatic nitrogens is 2. The molecule has 132 valence electrons. The molecule has 7 nitrogen and oxygen atoms in total. The molecule has 1 aromatic carbocycles. The van der Waals surface area contributed by atoms with Gasteiger partial charge < -0.3 is 9.84 Å². The molecule has 0 bridgehead atoms. The fourth-order valence-corrected chi connectivity index (χ4v) is 2.49. The zero-order valence-corrected chi connectivity index (χ0v) is 14.4. The number of halogens is 1. The van der Waals surface area contributed by atoms with E-state index < -0.39 is 17.4 Å². The van der Waals surface area contributed by atoms with E-state index in [9.17, 15) is 14.7 Å². The molecule has 0 aliphatic heterocycles. The number of benzene rings is 1. The number of rotatable bonds is 7. The number of nitrogens with zero attached hydrogens (tertiary/aromatic N) is 3. The second-order valence-corrected chi connectivity index (χ2v) is 5.81. The van der Waals surface area contributed by atoms with Crippen LogP contribution in [-0.2, 0) is 24.4 Å². The maximum atomic E-state index is 12.2. The Balaban J connectivity index is 2.07. The molecule has 0 radical (unpaired) electrons. The first-order valence-corrected chi connectivity index (χ1v) is 8.09. The Morgan fingerprint density at radius 3 is 2.72 bits per heavy atom. The van der Waals surface area contributed by atoms with Gasteiger partial charge in [-0.1, -0.05) is 29.8 Å². The summed E-state index contributed by atoms with van der Waals surface area (Å²) in [7, 11) is 0.